The molecule has 3 heterocycles. The zero-order chi connectivity index (χ0) is 16.8. The predicted molar refractivity (Wildman–Crippen MR) is 99.2 cm³/mol. The molecule has 0 atom stereocenters. The van der Waals surface area contributed by atoms with E-state index in [1.807, 2.05) is 35.1 Å². The lowest BCUT2D eigenvalue weighted by molar-refractivity contribution is -0.631. The van der Waals surface area contributed by atoms with Gasteiger partial charge < -0.3 is 10.6 Å². The van der Waals surface area contributed by atoms with Gasteiger partial charge in [-0.25, -0.2) is 5.10 Å². The van der Waals surface area contributed by atoms with Crippen LogP contribution in [0.3, 0.4) is 0 Å². The van der Waals surface area contributed by atoms with Crippen molar-refractivity contribution in [2.45, 2.75) is 6.42 Å². The number of pyridine rings is 1. The number of nitrogens with zero attached hydrogens (tertiary/aromatic N) is 3. The molecule has 0 fully saturated rings. The summed E-state index contributed by atoms with van der Waals surface area (Å²) in [6, 6.07) is 20.5. The lowest BCUT2D eigenvalue weighted by Crippen LogP contribution is -2.33. The fourth-order valence-electron chi connectivity index (χ4n) is 3.57. The summed E-state index contributed by atoms with van der Waals surface area (Å²) in [5.74, 6) is 0.959. The van der Waals surface area contributed by atoms with E-state index >= 15 is 0 Å². The quantitative estimate of drug-likeness (QED) is 0.556. The van der Waals surface area contributed by atoms with Gasteiger partial charge in [0.2, 0.25) is 0 Å². The minimum Gasteiger partial charge on any atom is -0.398 e. The van der Waals surface area contributed by atoms with Crippen molar-refractivity contribution < 1.29 is 4.68 Å². The molecule has 1 aliphatic rings. The number of aromatic nitrogens is 3. The van der Waals surface area contributed by atoms with E-state index in [1.165, 1.54) is 0 Å². The van der Waals surface area contributed by atoms with E-state index in [9.17, 15) is 0 Å². The molecule has 5 nitrogen and oxygen atoms in total. The van der Waals surface area contributed by atoms with E-state index in [1.54, 1.807) is 0 Å². The van der Waals surface area contributed by atoms with E-state index in [2.05, 4.69) is 46.4 Å². The Hall–Kier alpha value is -3.34. The SMILES string of the molecule is Nc1c2c(nc3c1c[nH][n+]3-c1ccccc1)N(c1ccccc1)CC2. The summed E-state index contributed by atoms with van der Waals surface area (Å²) >= 11 is 0. The number of nitrogen functional groups attached to an aromatic ring is 1. The third-order valence-corrected chi connectivity index (χ3v) is 4.81. The highest BCUT2D eigenvalue weighted by Gasteiger charge is 2.32. The third kappa shape index (κ3) is 2.09. The molecule has 4 aromatic rings. The van der Waals surface area contributed by atoms with Crippen LogP contribution in [0.2, 0.25) is 0 Å². The monoisotopic (exact) mass is 328 g/mol. The van der Waals surface area contributed by atoms with Gasteiger partial charge in [0.05, 0.1) is 11.9 Å². The second-order valence-corrected chi connectivity index (χ2v) is 6.25. The molecule has 5 rings (SSSR count). The average Bonchev–Trinajstić information content (AvgIpc) is 3.28. The molecule has 0 spiro atoms. The van der Waals surface area contributed by atoms with Crippen molar-refractivity contribution in [2.75, 3.05) is 17.2 Å². The van der Waals surface area contributed by atoms with Crippen molar-refractivity contribution in [3.05, 3.63) is 72.4 Å². The first-order valence-corrected chi connectivity index (χ1v) is 8.42. The lowest BCUT2D eigenvalue weighted by Gasteiger charge is -2.15. The van der Waals surface area contributed by atoms with Gasteiger partial charge in [0, 0.05) is 17.8 Å². The summed E-state index contributed by atoms with van der Waals surface area (Å²) in [6.07, 6.45) is 2.85. The first-order chi connectivity index (χ1) is 12.3. The topological polar surface area (TPSA) is 61.8 Å². The molecule has 0 saturated heterocycles. The molecule has 0 radical (unpaired) electrons. The Bertz CT molecular complexity index is 1050. The predicted octanol–water partition coefficient (Wildman–Crippen LogP) is 3.12. The number of para-hydroxylation sites is 2. The molecule has 122 valence electrons. The number of hydrogen-bond donors (Lipinski definition) is 2. The zero-order valence-corrected chi connectivity index (χ0v) is 13.7. The Labute approximate surface area is 145 Å². The van der Waals surface area contributed by atoms with Crippen molar-refractivity contribution in [3.63, 3.8) is 0 Å². The Balaban J connectivity index is 1.73. The fourth-order valence-corrected chi connectivity index (χ4v) is 3.57. The molecule has 3 N–H and O–H groups in total. The molecule has 0 aliphatic carbocycles. The van der Waals surface area contributed by atoms with Crippen LogP contribution in [0.1, 0.15) is 5.56 Å². The highest BCUT2D eigenvalue weighted by molar-refractivity contribution is 5.92. The van der Waals surface area contributed by atoms with Gasteiger partial charge >= 0.3 is 5.65 Å². The number of H-pyrrole nitrogens is 1. The summed E-state index contributed by atoms with van der Waals surface area (Å²) < 4.78 is 1.98. The van der Waals surface area contributed by atoms with Crippen LogP contribution in [-0.2, 0) is 6.42 Å². The number of anilines is 3. The zero-order valence-electron chi connectivity index (χ0n) is 13.7. The maximum absolute atomic E-state index is 6.50. The number of rotatable bonds is 2. The van der Waals surface area contributed by atoms with E-state index in [0.717, 1.165) is 52.4 Å². The Morgan fingerprint density at radius 2 is 1.72 bits per heavy atom. The summed E-state index contributed by atoms with van der Waals surface area (Å²) in [5, 5.41) is 4.25. The second-order valence-electron chi connectivity index (χ2n) is 6.25. The van der Waals surface area contributed by atoms with Crippen LogP contribution in [-0.4, -0.2) is 16.6 Å². The van der Waals surface area contributed by atoms with Gasteiger partial charge in [-0.3, -0.25) is 0 Å². The standard InChI is InChI=1S/C20H17N5/c21-18-16-11-12-24(14-7-3-1-4-8-14)19(16)23-20-17(18)13-22-25(20)15-9-5-2-6-10-15/h1-10,13H,11-12H2,(H2,21,22,23)/p+1. The molecular formula is C20H18N5+. The molecule has 25 heavy (non-hydrogen) atoms. The number of aromatic amines is 1. The van der Waals surface area contributed by atoms with Crippen molar-refractivity contribution >= 4 is 28.2 Å². The van der Waals surface area contributed by atoms with E-state index in [0.29, 0.717) is 0 Å². The fraction of sp³-hybridized carbons (Fsp3) is 0.100. The average molecular weight is 328 g/mol. The van der Waals surface area contributed by atoms with Crippen LogP contribution >= 0.6 is 0 Å². The number of hydrogen-bond acceptors (Lipinski definition) is 3. The number of benzene rings is 2. The number of nitrogens with one attached hydrogen (secondary N) is 1. The van der Waals surface area contributed by atoms with Gasteiger partial charge in [0.15, 0.2) is 5.69 Å². The molecular weight excluding hydrogens is 310 g/mol. The normalized spacial score (nSPS) is 13.4. The molecule has 2 aromatic carbocycles. The van der Waals surface area contributed by atoms with Crippen LogP contribution in [0, 0.1) is 0 Å². The van der Waals surface area contributed by atoms with E-state index in [-0.39, 0.29) is 0 Å². The van der Waals surface area contributed by atoms with Gasteiger partial charge in [-0.05, 0) is 35.7 Å². The second kappa shape index (κ2) is 5.34. The van der Waals surface area contributed by atoms with Crippen LogP contribution in [0.5, 0.6) is 0 Å². The molecule has 0 bridgehead atoms. The minimum atomic E-state index is 0.823. The van der Waals surface area contributed by atoms with E-state index < -0.39 is 0 Å². The maximum atomic E-state index is 6.50. The highest BCUT2D eigenvalue weighted by Crippen LogP contribution is 2.38. The number of fused-ring (bicyclic) bond motifs is 2. The third-order valence-electron chi connectivity index (χ3n) is 4.81. The Morgan fingerprint density at radius 3 is 2.48 bits per heavy atom. The first-order valence-electron chi connectivity index (χ1n) is 8.42. The van der Waals surface area contributed by atoms with Crippen LogP contribution in [0.25, 0.3) is 16.7 Å². The van der Waals surface area contributed by atoms with Gasteiger partial charge in [-0.15, -0.1) is 4.68 Å². The summed E-state index contributed by atoms with van der Waals surface area (Å²) in [6.45, 7) is 0.901. The molecule has 0 saturated carbocycles. The first kappa shape index (κ1) is 14.0. The molecule has 1 aliphatic heterocycles. The molecule has 0 amide bonds. The van der Waals surface area contributed by atoms with Gasteiger partial charge in [0.25, 0.3) is 5.82 Å². The lowest BCUT2D eigenvalue weighted by atomic mass is 10.1. The Morgan fingerprint density at radius 1 is 1.00 bits per heavy atom. The Kier molecular flexibility index (Phi) is 3.00. The smallest absolute Gasteiger partial charge is 0.360 e. The van der Waals surface area contributed by atoms with Crippen LogP contribution in [0.4, 0.5) is 17.2 Å². The van der Waals surface area contributed by atoms with Crippen molar-refractivity contribution in [1.82, 2.24) is 10.1 Å². The van der Waals surface area contributed by atoms with Crippen LogP contribution in [0.15, 0.2) is 66.9 Å². The molecule has 0 unspecified atom stereocenters. The van der Waals surface area contributed by atoms with Crippen molar-refractivity contribution in [2.24, 2.45) is 0 Å². The van der Waals surface area contributed by atoms with Crippen molar-refractivity contribution in [1.29, 1.82) is 0 Å². The largest absolute Gasteiger partial charge is 0.398 e. The molecule has 5 heteroatoms. The van der Waals surface area contributed by atoms with E-state index in [4.69, 9.17) is 10.7 Å². The summed E-state index contributed by atoms with van der Waals surface area (Å²) in [7, 11) is 0. The maximum Gasteiger partial charge on any atom is 0.360 e. The van der Waals surface area contributed by atoms with Crippen molar-refractivity contribution in [3.8, 4) is 5.69 Å². The summed E-state index contributed by atoms with van der Waals surface area (Å²) in [5.41, 5.74) is 11.5. The van der Waals surface area contributed by atoms with Gasteiger partial charge in [-0.1, -0.05) is 36.4 Å². The minimum absolute atomic E-state index is 0.823. The molecule has 2 aromatic heterocycles. The highest BCUT2D eigenvalue weighted by atomic mass is 15.3. The van der Waals surface area contributed by atoms with Crippen LogP contribution < -0.4 is 15.3 Å². The van der Waals surface area contributed by atoms with Gasteiger partial charge in [-0.2, -0.15) is 0 Å². The van der Waals surface area contributed by atoms with Gasteiger partial charge in [0.1, 0.15) is 5.39 Å². The summed E-state index contributed by atoms with van der Waals surface area (Å²) in [4.78, 5) is 7.23. The number of nitrogens with two attached hydrogens (primary N) is 1.